The highest BCUT2D eigenvalue weighted by Gasteiger charge is 2.20. The maximum atomic E-state index is 9.93. The van der Waals surface area contributed by atoms with E-state index in [9.17, 15) is 5.11 Å². The molecule has 0 unspecified atom stereocenters. The summed E-state index contributed by atoms with van der Waals surface area (Å²) in [4.78, 5) is 11.3. The van der Waals surface area contributed by atoms with Gasteiger partial charge in [-0.15, -0.1) is 0 Å². The molecule has 4 rings (SSSR count). The second-order valence-electron chi connectivity index (χ2n) is 5.34. The molecule has 0 saturated carbocycles. The van der Waals surface area contributed by atoms with Gasteiger partial charge in [-0.25, -0.2) is 9.97 Å². The summed E-state index contributed by atoms with van der Waals surface area (Å²) < 4.78 is 0. The number of thiophene rings is 1. The molecule has 0 radical (unpaired) electrons. The molecule has 2 aromatic heterocycles. The van der Waals surface area contributed by atoms with Crippen molar-refractivity contribution in [3.63, 3.8) is 0 Å². The Morgan fingerprint density at radius 3 is 3.00 bits per heavy atom. The van der Waals surface area contributed by atoms with Gasteiger partial charge in [0, 0.05) is 35.8 Å². The van der Waals surface area contributed by atoms with E-state index < -0.39 is 0 Å². The number of benzene rings is 1. The first kappa shape index (κ1) is 13.3. The molecular formula is C17H15N3OS. The molecule has 0 spiro atoms. The van der Waals surface area contributed by atoms with Gasteiger partial charge < -0.3 is 10.0 Å². The Balaban J connectivity index is 1.65. The van der Waals surface area contributed by atoms with Crippen molar-refractivity contribution in [3.8, 4) is 17.0 Å². The van der Waals surface area contributed by atoms with E-state index in [1.807, 2.05) is 18.3 Å². The molecule has 3 heterocycles. The molecule has 1 aliphatic rings. The number of rotatable bonds is 2. The smallest absolute Gasteiger partial charge is 0.226 e. The highest BCUT2D eigenvalue weighted by Crippen LogP contribution is 2.29. The van der Waals surface area contributed by atoms with Gasteiger partial charge in [0.05, 0.1) is 5.69 Å². The van der Waals surface area contributed by atoms with Crippen LogP contribution in [0.4, 0.5) is 5.95 Å². The minimum absolute atomic E-state index is 0.394. The first-order valence-corrected chi connectivity index (χ1v) is 8.16. The van der Waals surface area contributed by atoms with Crippen LogP contribution in [0, 0.1) is 0 Å². The fourth-order valence-corrected chi connectivity index (χ4v) is 3.48. The van der Waals surface area contributed by atoms with Gasteiger partial charge in [0.15, 0.2) is 0 Å². The highest BCUT2D eigenvalue weighted by atomic mass is 32.1. The van der Waals surface area contributed by atoms with Gasteiger partial charge in [0.1, 0.15) is 5.75 Å². The van der Waals surface area contributed by atoms with E-state index in [0.29, 0.717) is 5.75 Å². The number of anilines is 1. The van der Waals surface area contributed by atoms with Gasteiger partial charge in [0.25, 0.3) is 0 Å². The molecule has 5 heteroatoms. The Hall–Kier alpha value is -2.40. The summed E-state index contributed by atoms with van der Waals surface area (Å²) in [5.74, 6) is 1.14. The van der Waals surface area contributed by atoms with Crippen molar-refractivity contribution in [2.24, 2.45) is 0 Å². The van der Waals surface area contributed by atoms with Crippen molar-refractivity contribution in [2.75, 3.05) is 11.4 Å². The van der Waals surface area contributed by atoms with Gasteiger partial charge in [-0.2, -0.15) is 11.3 Å². The van der Waals surface area contributed by atoms with Crippen LogP contribution in [0.3, 0.4) is 0 Å². The molecule has 0 aliphatic carbocycles. The van der Waals surface area contributed by atoms with E-state index in [2.05, 4.69) is 32.8 Å². The highest BCUT2D eigenvalue weighted by molar-refractivity contribution is 7.08. The third-order valence-corrected chi connectivity index (χ3v) is 4.67. The number of phenols is 1. The minimum atomic E-state index is 0.394. The molecule has 4 nitrogen and oxygen atoms in total. The molecule has 0 atom stereocenters. The summed E-state index contributed by atoms with van der Waals surface area (Å²) in [5.41, 5.74) is 4.28. The number of hydrogen-bond donors (Lipinski definition) is 1. The van der Waals surface area contributed by atoms with Crippen LogP contribution in [0.25, 0.3) is 11.3 Å². The molecule has 0 saturated heterocycles. The van der Waals surface area contributed by atoms with E-state index >= 15 is 0 Å². The normalized spacial score (nSPS) is 13.9. The maximum absolute atomic E-state index is 9.93. The monoisotopic (exact) mass is 309 g/mol. The predicted octanol–water partition coefficient (Wildman–Crippen LogP) is 3.47. The van der Waals surface area contributed by atoms with Crippen LogP contribution in [-0.2, 0) is 13.0 Å². The zero-order chi connectivity index (χ0) is 14.9. The summed E-state index contributed by atoms with van der Waals surface area (Å²) in [6, 6.07) is 9.71. The second-order valence-corrected chi connectivity index (χ2v) is 6.12. The molecule has 1 aliphatic heterocycles. The number of nitrogens with zero attached hydrogens (tertiary/aromatic N) is 3. The van der Waals surface area contributed by atoms with Crippen molar-refractivity contribution in [1.82, 2.24) is 9.97 Å². The lowest BCUT2D eigenvalue weighted by Crippen LogP contribution is -2.31. The number of fused-ring (bicyclic) bond motifs is 1. The summed E-state index contributed by atoms with van der Waals surface area (Å²) in [5, 5.41) is 14.1. The first-order valence-electron chi connectivity index (χ1n) is 7.21. The molecule has 0 fully saturated rings. The standard InChI is InChI=1S/C17H15N3OS/c21-16-3-1-2-12-10-20(8-5-14(12)16)17-18-7-4-15(19-17)13-6-9-22-11-13/h1-4,6-7,9,11,21H,5,8,10H2. The summed E-state index contributed by atoms with van der Waals surface area (Å²) in [6.07, 6.45) is 2.63. The molecule has 110 valence electrons. The minimum Gasteiger partial charge on any atom is -0.508 e. The number of phenolic OH excluding ortho intramolecular Hbond substituents is 1. The zero-order valence-electron chi connectivity index (χ0n) is 11.9. The first-order chi connectivity index (χ1) is 10.8. The van der Waals surface area contributed by atoms with Crippen molar-refractivity contribution < 1.29 is 5.11 Å². The van der Waals surface area contributed by atoms with Crippen LogP contribution in [0.5, 0.6) is 5.75 Å². The van der Waals surface area contributed by atoms with Gasteiger partial charge >= 0.3 is 0 Å². The molecule has 3 aromatic rings. The maximum Gasteiger partial charge on any atom is 0.226 e. The Labute approximate surface area is 132 Å². The Morgan fingerprint density at radius 2 is 2.14 bits per heavy atom. The number of aromatic hydroxyl groups is 1. The van der Waals surface area contributed by atoms with E-state index in [1.165, 1.54) is 0 Å². The topological polar surface area (TPSA) is 49.2 Å². The van der Waals surface area contributed by atoms with E-state index in [0.717, 1.165) is 47.8 Å². The molecule has 0 bridgehead atoms. The van der Waals surface area contributed by atoms with Crippen LogP contribution < -0.4 is 4.90 Å². The van der Waals surface area contributed by atoms with Crippen molar-refractivity contribution in [1.29, 1.82) is 0 Å². The summed E-state index contributed by atoms with van der Waals surface area (Å²) >= 11 is 1.67. The van der Waals surface area contributed by atoms with Crippen LogP contribution in [0.15, 0.2) is 47.3 Å². The SMILES string of the molecule is Oc1cccc2c1CCN(c1nccc(-c3ccsc3)n1)C2. The van der Waals surface area contributed by atoms with Crippen LogP contribution in [0.2, 0.25) is 0 Å². The van der Waals surface area contributed by atoms with Gasteiger partial charge in [-0.3, -0.25) is 0 Å². The molecule has 1 aromatic carbocycles. The van der Waals surface area contributed by atoms with Gasteiger partial charge in [0.2, 0.25) is 5.95 Å². The fraction of sp³-hybridized carbons (Fsp3) is 0.176. The van der Waals surface area contributed by atoms with Crippen molar-refractivity contribution in [3.05, 3.63) is 58.4 Å². The predicted molar refractivity (Wildman–Crippen MR) is 88.2 cm³/mol. The third-order valence-electron chi connectivity index (χ3n) is 3.98. The third kappa shape index (κ3) is 2.33. The van der Waals surface area contributed by atoms with Crippen LogP contribution in [-0.4, -0.2) is 21.6 Å². The average molecular weight is 309 g/mol. The average Bonchev–Trinajstić information content (AvgIpc) is 3.09. The van der Waals surface area contributed by atoms with Crippen molar-refractivity contribution in [2.45, 2.75) is 13.0 Å². The lowest BCUT2D eigenvalue weighted by Gasteiger charge is -2.29. The molecule has 1 N–H and O–H groups in total. The van der Waals surface area contributed by atoms with Gasteiger partial charge in [-0.1, -0.05) is 12.1 Å². The lowest BCUT2D eigenvalue weighted by molar-refractivity contribution is 0.464. The van der Waals surface area contributed by atoms with E-state index in [1.54, 1.807) is 17.4 Å². The van der Waals surface area contributed by atoms with Crippen LogP contribution >= 0.6 is 11.3 Å². The Morgan fingerprint density at radius 1 is 1.18 bits per heavy atom. The van der Waals surface area contributed by atoms with Crippen LogP contribution in [0.1, 0.15) is 11.1 Å². The zero-order valence-corrected chi connectivity index (χ0v) is 12.8. The largest absolute Gasteiger partial charge is 0.508 e. The number of hydrogen-bond acceptors (Lipinski definition) is 5. The lowest BCUT2D eigenvalue weighted by atomic mass is 9.99. The number of aromatic nitrogens is 2. The molecular weight excluding hydrogens is 294 g/mol. The quantitative estimate of drug-likeness (QED) is 0.787. The summed E-state index contributed by atoms with van der Waals surface area (Å²) in [6.45, 7) is 1.55. The van der Waals surface area contributed by atoms with E-state index in [-0.39, 0.29) is 0 Å². The summed E-state index contributed by atoms with van der Waals surface area (Å²) in [7, 11) is 0. The Kier molecular flexibility index (Phi) is 3.27. The second kappa shape index (κ2) is 5.42. The van der Waals surface area contributed by atoms with Gasteiger partial charge in [-0.05, 0) is 35.6 Å². The molecule has 22 heavy (non-hydrogen) atoms. The van der Waals surface area contributed by atoms with Crippen molar-refractivity contribution >= 4 is 17.3 Å². The fourth-order valence-electron chi connectivity index (χ4n) is 2.83. The van der Waals surface area contributed by atoms with E-state index in [4.69, 9.17) is 4.98 Å². The molecule has 0 amide bonds. The Bertz CT molecular complexity index is 801.